The summed E-state index contributed by atoms with van der Waals surface area (Å²) in [6, 6.07) is 0. The van der Waals surface area contributed by atoms with Crippen LogP contribution in [0.2, 0.25) is 0 Å². The van der Waals surface area contributed by atoms with Gasteiger partial charge in [-0.05, 0) is 26.0 Å². The van der Waals surface area contributed by atoms with Crippen LogP contribution in [0.5, 0.6) is 0 Å². The average molecular weight is 546 g/mol. The van der Waals surface area contributed by atoms with Crippen molar-refractivity contribution >= 4 is 29.8 Å². The second-order valence-corrected chi connectivity index (χ2v) is 8.64. The van der Waals surface area contributed by atoms with E-state index in [0.717, 1.165) is 12.2 Å². The van der Waals surface area contributed by atoms with E-state index in [9.17, 15) is 34.2 Å². The molecule has 2 fully saturated rings. The molecule has 0 N–H and O–H groups in total. The van der Waals surface area contributed by atoms with Crippen molar-refractivity contribution in [1.29, 1.82) is 0 Å². The maximum atomic E-state index is 12.5. The molecule has 2 spiro atoms. The van der Waals surface area contributed by atoms with Crippen LogP contribution >= 0.6 is 0 Å². The summed E-state index contributed by atoms with van der Waals surface area (Å²) in [4.78, 5) is 60.5. The monoisotopic (exact) mass is 546 g/mol. The first-order valence-corrected chi connectivity index (χ1v) is 11.8. The molecule has 14 heteroatoms. The van der Waals surface area contributed by atoms with E-state index in [4.69, 9.17) is 28.4 Å². The Balaban J connectivity index is 1.35. The fourth-order valence-electron chi connectivity index (χ4n) is 3.94. The third-order valence-electron chi connectivity index (χ3n) is 6.04. The van der Waals surface area contributed by atoms with Gasteiger partial charge >= 0.3 is 29.8 Å². The maximum absolute atomic E-state index is 12.5. The quantitative estimate of drug-likeness (QED) is 0.138. The number of esters is 5. The lowest BCUT2D eigenvalue weighted by Crippen LogP contribution is -2.55. The summed E-state index contributed by atoms with van der Waals surface area (Å²) in [6.45, 7) is 2.80. The lowest BCUT2D eigenvalue weighted by molar-refractivity contribution is -0.407. The van der Waals surface area contributed by atoms with Crippen molar-refractivity contribution in [3.63, 3.8) is 0 Å². The number of carbonyl (C=O) groups excluding carboxylic acids is 5. The predicted molar refractivity (Wildman–Crippen MR) is 117 cm³/mol. The first-order chi connectivity index (χ1) is 18.5. The Bertz CT molecular complexity index is 1230. The Hall–Kier alpha value is -4.75. The van der Waals surface area contributed by atoms with Gasteiger partial charge in [0.2, 0.25) is 0 Å². The lowest BCUT2D eigenvalue weighted by atomic mass is 9.87. The molecule has 1 saturated heterocycles. The predicted octanol–water partition coefficient (Wildman–Crippen LogP) is -0.708. The Morgan fingerprint density at radius 2 is 1.44 bits per heavy atom. The van der Waals surface area contributed by atoms with Gasteiger partial charge < -0.3 is 43.4 Å². The van der Waals surface area contributed by atoms with Crippen LogP contribution in [0.25, 0.3) is 0 Å². The van der Waals surface area contributed by atoms with E-state index >= 15 is 0 Å². The van der Waals surface area contributed by atoms with E-state index in [-0.39, 0.29) is 37.9 Å². The molecule has 39 heavy (non-hydrogen) atoms. The van der Waals surface area contributed by atoms with Gasteiger partial charge in [-0.2, -0.15) is 0 Å². The second-order valence-electron chi connectivity index (χ2n) is 8.64. The van der Waals surface area contributed by atoms with Crippen molar-refractivity contribution in [2.75, 3.05) is 6.61 Å². The van der Waals surface area contributed by atoms with Gasteiger partial charge in [0.25, 0.3) is 12.1 Å². The van der Waals surface area contributed by atoms with Crippen LogP contribution < -0.4 is 10.2 Å². The molecule has 3 heterocycles. The minimum atomic E-state index is -1.79. The Morgan fingerprint density at radius 3 is 2.00 bits per heavy atom. The molecule has 0 radical (unpaired) electrons. The van der Waals surface area contributed by atoms with E-state index in [0.29, 0.717) is 0 Å². The van der Waals surface area contributed by atoms with Crippen molar-refractivity contribution in [2.24, 2.45) is 0 Å². The number of ether oxygens (including phenoxy) is 7. The Labute approximate surface area is 220 Å². The molecular formula is C25H22O14-2. The molecule has 0 bridgehead atoms. The first-order valence-electron chi connectivity index (χ1n) is 11.8. The molecular weight excluding hydrogens is 524 g/mol. The van der Waals surface area contributed by atoms with Crippen molar-refractivity contribution in [3.05, 3.63) is 59.0 Å². The molecule has 4 rings (SSSR count). The zero-order chi connectivity index (χ0) is 28.4. The number of cyclic esters (lactones) is 1. The third-order valence-corrected chi connectivity index (χ3v) is 6.04. The van der Waals surface area contributed by atoms with Crippen LogP contribution in [0.4, 0.5) is 0 Å². The van der Waals surface area contributed by atoms with E-state index < -0.39 is 70.7 Å². The molecule has 1 saturated carbocycles. The smallest absolute Gasteiger partial charge is 0.359 e. The summed E-state index contributed by atoms with van der Waals surface area (Å²) in [6.07, 6.45) is 3.89. The fourth-order valence-corrected chi connectivity index (χ4v) is 3.94. The third kappa shape index (κ3) is 5.58. The van der Waals surface area contributed by atoms with Gasteiger partial charge in [0.05, 0.1) is 29.6 Å². The summed E-state index contributed by atoms with van der Waals surface area (Å²) in [5.74, 6) is -9.87. The first kappa shape index (κ1) is 27.3. The van der Waals surface area contributed by atoms with Gasteiger partial charge in [-0.1, -0.05) is 18.2 Å². The van der Waals surface area contributed by atoms with Crippen LogP contribution in [0, 0.1) is 0 Å². The van der Waals surface area contributed by atoms with Gasteiger partial charge in [-0.25, -0.2) is 24.0 Å². The van der Waals surface area contributed by atoms with Gasteiger partial charge in [0, 0.05) is 25.7 Å². The minimum absolute atomic E-state index is 0.00305. The second kappa shape index (κ2) is 10.6. The fraction of sp³-hybridized carbons (Fsp3) is 0.400. The standard InChI is InChI=1S/C25H24O14/c1-3-33-22(32)23-34-18(28)14(19(29)35-23)7-5-4-6-8-15-20(30)38-25(39-21(15)31)11-9-24(10-12-25)36-16(26)13(2)17(27)37-24/h4-8,23,26,28H,3,9-12H2,1-2H3/p-2/b6-4+,7-5+,15-8?. The normalized spacial score (nSPS) is 29.2. The van der Waals surface area contributed by atoms with Crippen molar-refractivity contribution in [3.8, 4) is 0 Å². The summed E-state index contributed by atoms with van der Waals surface area (Å²) in [5.41, 5.74) is -1.11. The molecule has 0 aromatic carbocycles. The van der Waals surface area contributed by atoms with E-state index in [1.807, 2.05) is 0 Å². The zero-order valence-electron chi connectivity index (χ0n) is 20.7. The molecule has 0 aromatic rings. The van der Waals surface area contributed by atoms with Crippen molar-refractivity contribution < 1.29 is 67.3 Å². The van der Waals surface area contributed by atoms with Crippen molar-refractivity contribution in [1.82, 2.24) is 0 Å². The molecule has 1 unspecified atom stereocenters. The van der Waals surface area contributed by atoms with Crippen LogP contribution in [0.1, 0.15) is 39.5 Å². The Morgan fingerprint density at radius 1 is 0.846 bits per heavy atom. The van der Waals surface area contributed by atoms with Gasteiger partial charge in [0.1, 0.15) is 5.57 Å². The highest BCUT2D eigenvalue weighted by molar-refractivity contribution is 6.15. The summed E-state index contributed by atoms with van der Waals surface area (Å²) in [7, 11) is 0. The molecule has 208 valence electrons. The molecule has 1 atom stereocenters. The van der Waals surface area contributed by atoms with Crippen LogP contribution in [0.15, 0.2) is 59.0 Å². The number of carbonyl (C=O) groups is 5. The maximum Gasteiger partial charge on any atom is 0.359 e. The highest BCUT2D eigenvalue weighted by atomic mass is 16.8. The van der Waals surface area contributed by atoms with Crippen LogP contribution in [-0.2, 0) is 57.1 Å². The van der Waals surface area contributed by atoms with Crippen LogP contribution in [0.3, 0.4) is 0 Å². The number of rotatable bonds is 5. The summed E-state index contributed by atoms with van der Waals surface area (Å²) in [5, 5.41) is 23.9. The Kier molecular flexibility index (Phi) is 7.38. The molecule has 3 aliphatic heterocycles. The molecule has 4 aliphatic rings. The number of hydrogen-bond acceptors (Lipinski definition) is 14. The van der Waals surface area contributed by atoms with E-state index in [2.05, 4.69) is 4.74 Å². The topological polar surface area (TPSA) is 196 Å². The molecule has 14 nitrogen and oxygen atoms in total. The van der Waals surface area contributed by atoms with Gasteiger partial charge in [-0.3, -0.25) is 0 Å². The highest BCUT2D eigenvalue weighted by Crippen LogP contribution is 2.45. The number of hydrogen-bond donors (Lipinski definition) is 0. The van der Waals surface area contributed by atoms with E-state index in [1.165, 1.54) is 32.1 Å². The number of allylic oxidation sites excluding steroid dienone is 4. The van der Waals surface area contributed by atoms with E-state index in [1.54, 1.807) is 0 Å². The van der Waals surface area contributed by atoms with Gasteiger partial charge in [0.15, 0.2) is 5.79 Å². The van der Waals surface area contributed by atoms with Crippen molar-refractivity contribution in [2.45, 2.75) is 57.4 Å². The lowest BCUT2D eigenvalue weighted by Gasteiger charge is -2.50. The molecule has 1 aliphatic carbocycles. The highest BCUT2D eigenvalue weighted by Gasteiger charge is 2.53. The molecule has 0 aromatic heterocycles. The largest absolute Gasteiger partial charge is 0.574 e. The summed E-state index contributed by atoms with van der Waals surface area (Å²) >= 11 is 0. The zero-order valence-corrected chi connectivity index (χ0v) is 20.7. The minimum Gasteiger partial charge on any atom is -0.574 e. The average Bonchev–Trinajstić information content (AvgIpc) is 2.87. The SMILES string of the molecule is CCOC(=O)C1OC(=O)C(/C=C/C=C/C=C2C(=O)OC3(CCC4(CC3)OC(=O)C(C)=C([O-])O4)OC2=O)=C([O-])O1. The molecule has 0 amide bonds. The van der Waals surface area contributed by atoms with Crippen LogP contribution in [-0.4, -0.2) is 54.3 Å². The van der Waals surface area contributed by atoms with Gasteiger partial charge in [-0.15, -0.1) is 0 Å². The summed E-state index contributed by atoms with van der Waals surface area (Å²) < 4.78 is 35.3.